The Morgan fingerprint density at radius 1 is 1.06 bits per heavy atom. The lowest BCUT2D eigenvalue weighted by molar-refractivity contribution is 0.244. The fourth-order valence-corrected chi connectivity index (χ4v) is 2.62. The molecule has 1 heteroatoms. The standard InChI is InChI=1S/C17H28O/c1-5-8-15(13-17(4,6-2)7-3)14-9-11-16(18)12-10-14/h9-12,15,18H,5-8,13H2,1-4H3. The predicted molar refractivity (Wildman–Crippen MR) is 79.1 cm³/mol. The second-order valence-electron chi connectivity index (χ2n) is 5.80. The van der Waals surface area contributed by atoms with Gasteiger partial charge in [-0.15, -0.1) is 0 Å². The van der Waals surface area contributed by atoms with E-state index in [9.17, 15) is 5.11 Å². The summed E-state index contributed by atoms with van der Waals surface area (Å²) in [6, 6.07) is 7.79. The summed E-state index contributed by atoms with van der Waals surface area (Å²) in [6.07, 6.45) is 6.18. The van der Waals surface area contributed by atoms with Gasteiger partial charge in [-0.2, -0.15) is 0 Å². The molecule has 102 valence electrons. The lowest BCUT2D eigenvalue weighted by Crippen LogP contribution is -2.18. The molecule has 0 radical (unpaired) electrons. The van der Waals surface area contributed by atoms with Crippen LogP contribution < -0.4 is 0 Å². The van der Waals surface area contributed by atoms with E-state index in [2.05, 4.69) is 39.8 Å². The van der Waals surface area contributed by atoms with Crippen molar-refractivity contribution in [3.8, 4) is 5.75 Å². The highest BCUT2D eigenvalue weighted by atomic mass is 16.3. The van der Waals surface area contributed by atoms with Crippen LogP contribution in [0, 0.1) is 5.41 Å². The van der Waals surface area contributed by atoms with E-state index in [4.69, 9.17) is 0 Å². The number of rotatable bonds is 7. The summed E-state index contributed by atoms with van der Waals surface area (Å²) >= 11 is 0. The third-order valence-corrected chi connectivity index (χ3v) is 4.45. The van der Waals surface area contributed by atoms with Gasteiger partial charge in [-0.05, 0) is 41.9 Å². The minimum Gasteiger partial charge on any atom is -0.508 e. The Labute approximate surface area is 112 Å². The molecule has 1 rings (SSSR count). The van der Waals surface area contributed by atoms with E-state index >= 15 is 0 Å². The molecule has 0 fully saturated rings. The molecule has 1 atom stereocenters. The topological polar surface area (TPSA) is 20.2 Å². The minimum absolute atomic E-state index is 0.364. The van der Waals surface area contributed by atoms with Gasteiger partial charge in [-0.3, -0.25) is 0 Å². The van der Waals surface area contributed by atoms with Crippen molar-refractivity contribution in [1.82, 2.24) is 0 Å². The van der Waals surface area contributed by atoms with E-state index in [1.807, 2.05) is 12.1 Å². The maximum absolute atomic E-state index is 9.39. The van der Waals surface area contributed by atoms with Crippen LogP contribution in [0.25, 0.3) is 0 Å². The van der Waals surface area contributed by atoms with E-state index in [0.29, 0.717) is 17.1 Å². The van der Waals surface area contributed by atoms with Crippen LogP contribution in [0.1, 0.15) is 71.3 Å². The zero-order chi connectivity index (χ0) is 13.6. The molecule has 1 aromatic rings. The molecule has 18 heavy (non-hydrogen) atoms. The summed E-state index contributed by atoms with van der Waals surface area (Å²) < 4.78 is 0. The second kappa shape index (κ2) is 6.82. The molecule has 1 unspecified atom stereocenters. The van der Waals surface area contributed by atoms with Crippen molar-refractivity contribution in [2.75, 3.05) is 0 Å². The van der Waals surface area contributed by atoms with Crippen molar-refractivity contribution in [2.45, 2.75) is 65.7 Å². The van der Waals surface area contributed by atoms with Gasteiger partial charge in [0.05, 0.1) is 0 Å². The molecule has 0 amide bonds. The monoisotopic (exact) mass is 248 g/mol. The number of hydrogen-bond donors (Lipinski definition) is 1. The maximum atomic E-state index is 9.39. The van der Waals surface area contributed by atoms with Crippen LogP contribution in [0.4, 0.5) is 0 Å². The van der Waals surface area contributed by atoms with Gasteiger partial charge in [0.1, 0.15) is 5.75 Å². The average Bonchev–Trinajstić information content (AvgIpc) is 2.39. The Morgan fingerprint density at radius 2 is 1.61 bits per heavy atom. The van der Waals surface area contributed by atoms with Crippen LogP contribution in [0.3, 0.4) is 0 Å². The van der Waals surface area contributed by atoms with E-state index < -0.39 is 0 Å². The third kappa shape index (κ3) is 4.04. The van der Waals surface area contributed by atoms with Gasteiger partial charge in [-0.1, -0.05) is 59.1 Å². The molecule has 0 heterocycles. The Kier molecular flexibility index (Phi) is 5.71. The number of hydrogen-bond acceptors (Lipinski definition) is 1. The second-order valence-corrected chi connectivity index (χ2v) is 5.80. The van der Waals surface area contributed by atoms with Crippen LogP contribution >= 0.6 is 0 Å². The summed E-state index contributed by atoms with van der Waals surface area (Å²) in [5.41, 5.74) is 1.82. The van der Waals surface area contributed by atoms with Gasteiger partial charge >= 0.3 is 0 Å². The van der Waals surface area contributed by atoms with Crippen molar-refractivity contribution in [1.29, 1.82) is 0 Å². The molecule has 0 saturated carbocycles. The summed E-state index contributed by atoms with van der Waals surface area (Å²) in [5, 5.41) is 9.39. The summed E-state index contributed by atoms with van der Waals surface area (Å²) in [6.45, 7) is 9.24. The van der Waals surface area contributed by atoms with Crippen molar-refractivity contribution in [3.63, 3.8) is 0 Å². The Morgan fingerprint density at radius 3 is 2.06 bits per heavy atom. The average molecular weight is 248 g/mol. The Hall–Kier alpha value is -0.980. The first kappa shape index (κ1) is 15.1. The fraction of sp³-hybridized carbons (Fsp3) is 0.647. The number of benzene rings is 1. The van der Waals surface area contributed by atoms with Crippen molar-refractivity contribution >= 4 is 0 Å². The summed E-state index contributed by atoms with van der Waals surface area (Å²) in [5.74, 6) is 0.989. The molecule has 0 saturated heterocycles. The van der Waals surface area contributed by atoms with E-state index in [0.717, 1.165) is 0 Å². The molecule has 0 aliphatic rings. The maximum Gasteiger partial charge on any atom is 0.115 e. The number of phenols is 1. The molecular formula is C17H28O. The van der Waals surface area contributed by atoms with Gasteiger partial charge in [0.2, 0.25) is 0 Å². The van der Waals surface area contributed by atoms with Crippen LogP contribution in [-0.2, 0) is 0 Å². The van der Waals surface area contributed by atoms with Gasteiger partial charge in [0.15, 0.2) is 0 Å². The van der Waals surface area contributed by atoms with Crippen molar-refractivity contribution in [3.05, 3.63) is 29.8 Å². The highest BCUT2D eigenvalue weighted by molar-refractivity contribution is 5.28. The summed E-state index contributed by atoms with van der Waals surface area (Å²) in [7, 11) is 0. The molecule has 1 nitrogen and oxygen atoms in total. The zero-order valence-corrected chi connectivity index (χ0v) is 12.4. The molecule has 0 spiro atoms. The molecule has 0 aromatic heterocycles. The van der Waals surface area contributed by atoms with E-state index in [-0.39, 0.29) is 0 Å². The quantitative estimate of drug-likeness (QED) is 0.676. The third-order valence-electron chi connectivity index (χ3n) is 4.45. The van der Waals surface area contributed by atoms with E-state index in [1.165, 1.54) is 37.7 Å². The van der Waals surface area contributed by atoms with Gasteiger partial charge < -0.3 is 5.11 Å². The van der Waals surface area contributed by atoms with Crippen LogP contribution in [-0.4, -0.2) is 5.11 Å². The molecule has 1 aromatic carbocycles. The normalized spacial score (nSPS) is 13.6. The van der Waals surface area contributed by atoms with Gasteiger partial charge in [0.25, 0.3) is 0 Å². The highest BCUT2D eigenvalue weighted by Gasteiger charge is 2.25. The SMILES string of the molecule is CCCC(CC(C)(CC)CC)c1ccc(O)cc1. The lowest BCUT2D eigenvalue weighted by Gasteiger charge is -2.32. The van der Waals surface area contributed by atoms with Crippen LogP contribution in [0.5, 0.6) is 5.75 Å². The van der Waals surface area contributed by atoms with Gasteiger partial charge in [0, 0.05) is 0 Å². The van der Waals surface area contributed by atoms with Crippen LogP contribution in [0.2, 0.25) is 0 Å². The van der Waals surface area contributed by atoms with Gasteiger partial charge in [-0.25, -0.2) is 0 Å². The predicted octanol–water partition coefficient (Wildman–Crippen LogP) is 5.49. The van der Waals surface area contributed by atoms with Crippen molar-refractivity contribution in [2.24, 2.45) is 5.41 Å². The highest BCUT2D eigenvalue weighted by Crippen LogP contribution is 2.39. The minimum atomic E-state index is 0.364. The first-order valence-electron chi connectivity index (χ1n) is 7.33. The molecule has 0 aliphatic carbocycles. The molecular weight excluding hydrogens is 220 g/mol. The zero-order valence-electron chi connectivity index (χ0n) is 12.4. The largest absolute Gasteiger partial charge is 0.508 e. The summed E-state index contributed by atoms with van der Waals surface area (Å²) in [4.78, 5) is 0. The smallest absolute Gasteiger partial charge is 0.115 e. The number of aromatic hydroxyl groups is 1. The first-order chi connectivity index (χ1) is 8.54. The van der Waals surface area contributed by atoms with Crippen molar-refractivity contribution < 1.29 is 5.11 Å². The fourth-order valence-electron chi connectivity index (χ4n) is 2.62. The lowest BCUT2D eigenvalue weighted by atomic mass is 9.74. The molecule has 1 N–H and O–H groups in total. The van der Waals surface area contributed by atoms with E-state index in [1.54, 1.807) is 0 Å². The molecule has 0 aliphatic heterocycles. The van der Waals surface area contributed by atoms with Crippen LogP contribution in [0.15, 0.2) is 24.3 Å². The Balaban J connectivity index is 2.85. The Bertz CT molecular complexity index is 335. The number of phenolic OH excluding ortho intramolecular Hbond substituents is 1. The first-order valence-corrected chi connectivity index (χ1v) is 7.33. The molecule has 0 bridgehead atoms.